The molecule has 13 heavy (non-hydrogen) atoms. The van der Waals surface area contributed by atoms with Crippen molar-refractivity contribution in [2.75, 3.05) is 0 Å². The SMILES string of the molecule is CC(=O)O.NO[P+](=O)O.O=[P+](O)O. The summed E-state index contributed by atoms with van der Waals surface area (Å²) in [6, 6.07) is 0. The molecule has 0 spiro atoms. The van der Waals surface area contributed by atoms with E-state index in [0.29, 0.717) is 0 Å². The van der Waals surface area contributed by atoms with Crippen molar-refractivity contribution in [3.63, 3.8) is 0 Å². The van der Waals surface area contributed by atoms with E-state index in [4.69, 9.17) is 33.7 Å². The van der Waals surface area contributed by atoms with Gasteiger partial charge in [0.1, 0.15) is 0 Å². The summed E-state index contributed by atoms with van der Waals surface area (Å²) in [7, 11) is -5.44. The van der Waals surface area contributed by atoms with Crippen molar-refractivity contribution < 1.29 is 38.3 Å². The number of carbonyl (C=O) groups is 1. The van der Waals surface area contributed by atoms with Gasteiger partial charge in [-0.3, -0.25) is 4.79 Å². The van der Waals surface area contributed by atoms with E-state index in [1.807, 2.05) is 0 Å². The lowest BCUT2D eigenvalue weighted by Gasteiger charge is -1.59. The number of carboxylic acid groups (broad SMARTS) is 1. The Bertz CT molecular complexity index is 150. The highest BCUT2D eigenvalue weighted by atomic mass is 31.1. The van der Waals surface area contributed by atoms with E-state index in [-0.39, 0.29) is 0 Å². The van der Waals surface area contributed by atoms with Gasteiger partial charge in [-0.25, -0.2) is 0 Å². The molecule has 0 aliphatic rings. The smallest absolute Gasteiger partial charge is 0.481 e. The van der Waals surface area contributed by atoms with E-state index in [1.54, 1.807) is 0 Å². The summed E-state index contributed by atoms with van der Waals surface area (Å²) in [5.74, 6) is 3.30. The van der Waals surface area contributed by atoms with Crippen LogP contribution < -0.4 is 5.90 Å². The van der Waals surface area contributed by atoms with Crippen molar-refractivity contribution in [2.24, 2.45) is 5.90 Å². The highest BCUT2D eigenvalue weighted by molar-refractivity contribution is 7.32. The quantitative estimate of drug-likeness (QED) is 0.291. The van der Waals surface area contributed by atoms with Crippen LogP contribution in [0.2, 0.25) is 0 Å². The first-order chi connectivity index (χ1) is 5.73. The van der Waals surface area contributed by atoms with Gasteiger partial charge in [0.2, 0.25) is 0 Å². The molecule has 0 saturated heterocycles. The number of hydrogen-bond acceptors (Lipinski definition) is 5. The molecule has 0 aromatic rings. The summed E-state index contributed by atoms with van der Waals surface area (Å²) in [5, 5.41) is 7.42. The predicted octanol–water partition coefficient (Wildman–Crippen LogP) is -0.754. The monoisotopic (exact) mass is 237 g/mol. The third-order valence-electron chi connectivity index (χ3n) is 0.0902. The molecule has 0 bridgehead atoms. The third kappa shape index (κ3) is 476. The maximum atomic E-state index is 9.17. The van der Waals surface area contributed by atoms with Crippen molar-refractivity contribution in [1.82, 2.24) is 0 Å². The molecule has 1 atom stereocenters. The van der Waals surface area contributed by atoms with Crippen molar-refractivity contribution in [3.05, 3.63) is 0 Å². The van der Waals surface area contributed by atoms with Gasteiger partial charge in [-0.15, -0.1) is 14.7 Å². The van der Waals surface area contributed by atoms with Crippen molar-refractivity contribution in [1.29, 1.82) is 0 Å². The molecule has 6 N–H and O–H groups in total. The average Bonchev–Trinajstić information content (AvgIpc) is 1.84. The molecule has 0 saturated carbocycles. The second kappa shape index (κ2) is 14.0. The van der Waals surface area contributed by atoms with E-state index in [9.17, 15) is 0 Å². The van der Waals surface area contributed by atoms with Gasteiger partial charge in [0.15, 0.2) is 0 Å². The Morgan fingerprint density at radius 3 is 1.38 bits per heavy atom. The lowest BCUT2D eigenvalue weighted by atomic mass is 10.9. The van der Waals surface area contributed by atoms with Crippen LogP contribution in [0.15, 0.2) is 0 Å². The molecule has 0 rings (SSSR count). The molecular weight excluding hydrogens is 228 g/mol. The molecule has 0 aromatic heterocycles. The van der Waals surface area contributed by atoms with Gasteiger partial charge >= 0.3 is 16.5 Å². The highest BCUT2D eigenvalue weighted by Gasteiger charge is 2.04. The minimum Gasteiger partial charge on any atom is -0.481 e. The Labute approximate surface area is 74.6 Å². The van der Waals surface area contributed by atoms with Crippen molar-refractivity contribution in [2.45, 2.75) is 6.92 Å². The van der Waals surface area contributed by atoms with Gasteiger partial charge in [-0.2, -0.15) is 5.90 Å². The third-order valence-corrected chi connectivity index (χ3v) is 0.271. The van der Waals surface area contributed by atoms with Gasteiger partial charge in [-0.05, 0) is 4.62 Å². The number of rotatable bonds is 1. The summed E-state index contributed by atoms with van der Waals surface area (Å²) in [5.41, 5.74) is 0. The first-order valence-electron chi connectivity index (χ1n) is 2.31. The minimum absolute atomic E-state index is 0.833. The topological polar surface area (TPSA) is 167 Å². The summed E-state index contributed by atoms with van der Waals surface area (Å²) in [4.78, 5) is 30.8. The van der Waals surface area contributed by atoms with Crippen LogP contribution in [0.1, 0.15) is 6.92 Å². The minimum atomic E-state index is -2.87. The predicted molar refractivity (Wildman–Crippen MR) is 40.5 cm³/mol. The van der Waals surface area contributed by atoms with Crippen LogP contribution in [-0.2, 0) is 18.5 Å². The van der Waals surface area contributed by atoms with Crippen LogP contribution in [-0.4, -0.2) is 25.8 Å². The molecule has 78 valence electrons. The molecule has 0 fully saturated rings. The van der Waals surface area contributed by atoms with E-state index >= 15 is 0 Å². The first kappa shape index (κ1) is 18.3. The second-order valence-electron chi connectivity index (χ2n) is 1.12. The zero-order valence-electron chi connectivity index (χ0n) is 6.39. The Kier molecular flexibility index (Phi) is 19.7. The van der Waals surface area contributed by atoms with Crippen LogP contribution in [0.4, 0.5) is 0 Å². The Morgan fingerprint density at radius 1 is 1.31 bits per heavy atom. The highest BCUT2D eigenvalue weighted by Crippen LogP contribution is 2.07. The lowest BCUT2D eigenvalue weighted by molar-refractivity contribution is -0.134. The normalized spacial score (nSPS) is 8.23. The number of aliphatic carboxylic acids is 1. The zero-order chi connectivity index (χ0) is 11.4. The standard InChI is InChI=1S/C2H4O2.H2NO3P.HO3P/c1-2(3)4;1-4-5(2)3;1-4(2)3/h1H3,(H,3,4);1H2;(H-,1,2,3)/p+2. The van der Waals surface area contributed by atoms with Gasteiger partial charge in [0.25, 0.3) is 5.97 Å². The second-order valence-corrected chi connectivity index (χ2v) is 2.31. The molecule has 0 heterocycles. The Morgan fingerprint density at radius 2 is 1.38 bits per heavy atom. The molecule has 0 amide bonds. The molecule has 0 aliphatic heterocycles. The fourth-order valence-electron chi connectivity index (χ4n) is 0. The average molecular weight is 237 g/mol. The molecule has 0 radical (unpaired) electrons. The number of nitrogens with two attached hydrogens (primary N) is 1. The molecular formula is C2H9NO8P2+2. The molecule has 11 heteroatoms. The fourth-order valence-corrected chi connectivity index (χ4v) is 0. The molecule has 1 unspecified atom stereocenters. The lowest BCUT2D eigenvalue weighted by Crippen LogP contribution is -1.84. The van der Waals surface area contributed by atoms with Gasteiger partial charge in [-0.1, -0.05) is 0 Å². The molecule has 0 aromatic carbocycles. The summed E-state index contributed by atoms with van der Waals surface area (Å²) in [6.45, 7) is 1.08. The van der Waals surface area contributed by atoms with Gasteiger partial charge in [0.05, 0.1) is 0 Å². The Hall–Kier alpha value is -0.530. The fraction of sp³-hybridized carbons (Fsp3) is 0.500. The molecule has 9 nitrogen and oxygen atoms in total. The van der Waals surface area contributed by atoms with Crippen molar-refractivity contribution >= 4 is 22.5 Å². The maximum absolute atomic E-state index is 9.17. The van der Waals surface area contributed by atoms with Crippen molar-refractivity contribution in [3.8, 4) is 0 Å². The number of hydrogen-bond donors (Lipinski definition) is 5. The van der Waals surface area contributed by atoms with Crippen LogP contribution >= 0.6 is 16.5 Å². The zero-order valence-corrected chi connectivity index (χ0v) is 8.18. The van der Waals surface area contributed by atoms with E-state index in [0.717, 1.165) is 6.92 Å². The first-order valence-corrected chi connectivity index (χ1v) is 4.61. The van der Waals surface area contributed by atoms with E-state index in [1.165, 1.54) is 0 Å². The van der Waals surface area contributed by atoms with Crippen LogP contribution in [0, 0.1) is 0 Å². The van der Waals surface area contributed by atoms with E-state index in [2.05, 4.69) is 10.5 Å². The Balaban J connectivity index is -0.000000117. The summed E-state index contributed by atoms with van der Waals surface area (Å²) in [6.07, 6.45) is 0. The van der Waals surface area contributed by atoms with Crippen LogP contribution in [0.3, 0.4) is 0 Å². The molecule has 0 aliphatic carbocycles. The van der Waals surface area contributed by atoms with Gasteiger partial charge in [0, 0.05) is 16.1 Å². The van der Waals surface area contributed by atoms with Gasteiger partial charge < -0.3 is 5.11 Å². The van der Waals surface area contributed by atoms with E-state index < -0.39 is 22.5 Å². The maximum Gasteiger partial charge on any atom is 0.713 e. The number of carboxylic acids is 1. The largest absolute Gasteiger partial charge is 0.713 e. The van der Waals surface area contributed by atoms with Crippen LogP contribution in [0.25, 0.3) is 0 Å². The van der Waals surface area contributed by atoms with Crippen LogP contribution in [0.5, 0.6) is 0 Å². The summed E-state index contributed by atoms with van der Waals surface area (Å²) >= 11 is 0. The summed E-state index contributed by atoms with van der Waals surface area (Å²) < 4.78 is 21.2.